The molecule has 1 unspecified atom stereocenters. The Hall–Kier alpha value is -2.43. The third-order valence-electron chi connectivity index (χ3n) is 4.41. The topological polar surface area (TPSA) is 80.7 Å². The van der Waals surface area contributed by atoms with Crippen molar-refractivity contribution in [1.29, 1.82) is 0 Å². The van der Waals surface area contributed by atoms with Crippen LogP contribution in [0.5, 0.6) is 0 Å². The summed E-state index contributed by atoms with van der Waals surface area (Å²) in [5, 5.41) is 15.6. The van der Waals surface area contributed by atoms with Gasteiger partial charge in [0.1, 0.15) is 27.0 Å². The molecule has 1 aromatic carbocycles. The average Bonchev–Trinajstić information content (AvgIpc) is 3.39. The van der Waals surface area contributed by atoms with E-state index < -0.39 is 0 Å². The van der Waals surface area contributed by atoms with Gasteiger partial charge in [-0.1, -0.05) is 49.1 Å². The Morgan fingerprint density at radius 1 is 1.20 bits per heavy atom. The number of amides is 1. The van der Waals surface area contributed by atoms with Crippen LogP contribution in [0.15, 0.2) is 41.0 Å². The molecule has 30 heavy (non-hydrogen) atoms. The number of nitrogens with one attached hydrogen (secondary N) is 1. The van der Waals surface area contributed by atoms with Gasteiger partial charge in [0.2, 0.25) is 11.0 Å². The number of thioether (sulfide) groups is 1. The van der Waals surface area contributed by atoms with E-state index in [1.54, 1.807) is 12.1 Å². The molecule has 0 aliphatic rings. The molecule has 1 amide bonds. The molecule has 4 aromatic rings. The van der Waals surface area contributed by atoms with Crippen LogP contribution in [0, 0.1) is 5.82 Å². The molecule has 0 radical (unpaired) electrons. The monoisotopic (exact) mass is 459 g/mol. The lowest BCUT2D eigenvalue weighted by atomic mass is 10.1. The van der Waals surface area contributed by atoms with Gasteiger partial charge in [-0.3, -0.25) is 10.1 Å². The zero-order valence-electron chi connectivity index (χ0n) is 16.3. The lowest BCUT2D eigenvalue weighted by molar-refractivity contribution is -0.115. The van der Waals surface area contributed by atoms with Crippen LogP contribution < -0.4 is 5.32 Å². The molecule has 4 rings (SSSR count). The number of aryl methyl sites for hydroxylation is 1. The van der Waals surface area contributed by atoms with E-state index in [2.05, 4.69) is 25.5 Å². The fraction of sp³-hybridized carbons (Fsp3) is 0.250. The van der Waals surface area contributed by atoms with Gasteiger partial charge in [-0.05, 0) is 30.5 Å². The number of benzene rings is 1. The van der Waals surface area contributed by atoms with E-state index in [0.29, 0.717) is 11.6 Å². The summed E-state index contributed by atoms with van der Waals surface area (Å²) in [6.45, 7) is 3.96. The fourth-order valence-electron chi connectivity index (χ4n) is 2.87. The van der Waals surface area contributed by atoms with Gasteiger partial charge in [0.25, 0.3) is 0 Å². The molecule has 6 nitrogen and oxygen atoms in total. The van der Waals surface area contributed by atoms with E-state index in [9.17, 15) is 9.18 Å². The van der Waals surface area contributed by atoms with Crippen LogP contribution in [-0.4, -0.2) is 31.3 Å². The lowest BCUT2D eigenvalue weighted by Crippen LogP contribution is -2.24. The molecule has 0 spiro atoms. The van der Waals surface area contributed by atoms with Crippen molar-refractivity contribution in [2.24, 2.45) is 0 Å². The van der Waals surface area contributed by atoms with Crippen molar-refractivity contribution in [2.75, 3.05) is 5.32 Å². The van der Waals surface area contributed by atoms with Crippen molar-refractivity contribution in [1.82, 2.24) is 20.2 Å². The van der Waals surface area contributed by atoms with E-state index in [4.69, 9.17) is 0 Å². The first-order chi connectivity index (χ1) is 14.6. The average molecular weight is 460 g/mol. The van der Waals surface area contributed by atoms with Gasteiger partial charge in [0, 0.05) is 10.9 Å². The van der Waals surface area contributed by atoms with Crippen molar-refractivity contribution < 1.29 is 9.18 Å². The summed E-state index contributed by atoms with van der Waals surface area (Å²) in [5.74, 6) is -0.415. The van der Waals surface area contributed by atoms with Crippen LogP contribution in [0.3, 0.4) is 0 Å². The van der Waals surface area contributed by atoms with Crippen LogP contribution in [0.1, 0.15) is 25.3 Å². The van der Waals surface area contributed by atoms with Crippen LogP contribution in [0.2, 0.25) is 0 Å². The summed E-state index contributed by atoms with van der Waals surface area (Å²) in [4.78, 5) is 22.5. The number of nitrogens with zero attached hydrogens (tertiary/aromatic N) is 4. The molecular weight excluding hydrogens is 441 g/mol. The molecule has 0 saturated carbocycles. The smallest absolute Gasteiger partial charge is 0.239 e. The third-order valence-corrected chi connectivity index (χ3v) is 7.64. The summed E-state index contributed by atoms with van der Waals surface area (Å²) in [5.41, 5.74) is 1.82. The normalized spacial score (nSPS) is 12.2. The van der Waals surface area contributed by atoms with Crippen molar-refractivity contribution in [3.8, 4) is 11.1 Å². The second-order valence-electron chi connectivity index (χ2n) is 6.37. The van der Waals surface area contributed by atoms with E-state index in [0.717, 1.165) is 37.8 Å². The maximum atomic E-state index is 13.4. The standard InChI is InChI=1S/C20H18FN5OS3/c1-3-14(17(27)24-20-26-25-15(4-2)30-20)29-19-16-13(9-28-18(16)22-10-23-19)11-5-7-12(21)8-6-11/h5-10,14H,3-4H2,1-2H3,(H,24,26,27). The predicted octanol–water partition coefficient (Wildman–Crippen LogP) is 5.42. The Balaban J connectivity index is 1.62. The summed E-state index contributed by atoms with van der Waals surface area (Å²) in [7, 11) is 0. The Labute approximate surface area is 185 Å². The summed E-state index contributed by atoms with van der Waals surface area (Å²) in [6, 6.07) is 6.35. The Kier molecular flexibility index (Phi) is 6.35. The first-order valence-corrected chi connectivity index (χ1v) is 11.9. The van der Waals surface area contributed by atoms with E-state index in [1.165, 1.54) is 52.9 Å². The van der Waals surface area contributed by atoms with Crippen LogP contribution >= 0.6 is 34.4 Å². The first kappa shape index (κ1) is 20.8. The van der Waals surface area contributed by atoms with E-state index in [-0.39, 0.29) is 17.0 Å². The quantitative estimate of drug-likeness (QED) is 0.294. The van der Waals surface area contributed by atoms with E-state index >= 15 is 0 Å². The van der Waals surface area contributed by atoms with Gasteiger partial charge in [0.05, 0.1) is 10.6 Å². The number of carbonyl (C=O) groups excluding carboxylic acids is 1. The predicted molar refractivity (Wildman–Crippen MR) is 121 cm³/mol. The van der Waals surface area contributed by atoms with E-state index in [1.807, 2.05) is 19.2 Å². The highest BCUT2D eigenvalue weighted by atomic mass is 32.2. The fourth-order valence-corrected chi connectivity index (χ4v) is 5.57. The molecule has 0 saturated heterocycles. The highest BCUT2D eigenvalue weighted by molar-refractivity contribution is 8.00. The Morgan fingerprint density at radius 3 is 2.70 bits per heavy atom. The third kappa shape index (κ3) is 4.35. The maximum absolute atomic E-state index is 13.4. The second-order valence-corrected chi connectivity index (χ2v) is 9.49. The minimum Gasteiger partial charge on any atom is -0.300 e. The summed E-state index contributed by atoms with van der Waals surface area (Å²) < 4.78 is 13.4. The molecule has 154 valence electrons. The Morgan fingerprint density at radius 2 is 2.00 bits per heavy atom. The lowest BCUT2D eigenvalue weighted by Gasteiger charge is -2.14. The number of anilines is 1. The minimum atomic E-state index is -0.349. The highest BCUT2D eigenvalue weighted by Crippen LogP contribution is 2.39. The van der Waals surface area contributed by atoms with Gasteiger partial charge in [-0.15, -0.1) is 21.5 Å². The SMILES string of the molecule is CCc1nnc(NC(=O)C(CC)Sc2ncnc3scc(-c4ccc(F)cc4)c23)s1. The number of hydrogen-bond donors (Lipinski definition) is 1. The maximum Gasteiger partial charge on any atom is 0.239 e. The molecule has 3 heterocycles. The molecular formula is C20H18FN5OS3. The number of rotatable bonds is 7. The summed E-state index contributed by atoms with van der Waals surface area (Å²) in [6.07, 6.45) is 2.92. The van der Waals surface area contributed by atoms with Crippen molar-refractivity contribution >= 4 is 55.7 Å². The number of thiophene rings is 1. The molecule has 10 heteroatoms. The number of carbonyl (C=O) groups is 1. The zero-order valence-corrected chi connectivity index (χ0v) is 18.7. The van der Waals surface area contributed by atoms with Crippen molar-refractivity contribution in [2.45, 2.75) is 37.0 Å². The molecule has 0 fully saturated rings. The van der Waals surface area contributed by atoms with Crippen LogP contribution in [0.4, 0.5) is 9.52 Å². The van der Waals surface area contributed by atoms with Crippen molar-refractivity contribution in [3.05, 3.63) is 46.8 Å². The molecule has 3 aromatic heterocycles. The number of halogens is 1. The second kappa shape index (κ2) is 9.15. The van der Waals surface area contributed by atoms with Gasteiger partial charge in [-0.25, -0.2) is 14.4 Å². The Bertz CT molecular complexity index is 1170. The number of fused-ring (bicyclic) bond motifs is 1. The van der Waals surface area contributed by atoms with Gasteiger partial charge < -0.3 is 0 Å². The number of aromatic nitrogens is 4. The minimum absolute atomic E-state index is 0.133. The van der Waals surface area contributed by atoms with Gasteiger partial charge in [-0.2, -0.15) is 0 Å². The first-order valence-electron chi connectivity index (χ1n) is 9.37. The molecule has 0 aliphatic carbocycles. The molecule has 0 aliphatic heterocycles. The molecule has 0 bridgehead atoms. The number of hydrogen-bond acceptors (Lipinski definition) is 8. The zero-order chi connectivity index (χ0) is 21.1. The largest absolute Gasteiger partial charge is 0.300 e. The molecule has 1 N–H and O–H groups in total. The van der Waals surface area contributed by atoms with Gasteiger partial charge in [0.15, 0.2) is 0 Å². The van der Waals surface area contributed by atoms with Crippen LogP contribution in [0.25, 0.3) is 21.3 Å². The van der Waals surface area contributed by atoms with Gasteiger partial charge >= 0.3 is 0 Å². The van der Waals surface area contributed by atoms with Crippen LogP contribution in [-0.2, 0) is 11.2 Å². The highest BCUT2D eigenvalue weighted by Gasteiger charge is 2.23. The van der Waals surface area contributed by atoms with Crippen molar-refractivity contribution in [3.63, 3.8) is 0 Å². The molecule has 1 atom stereocenters. The summed E-state index contributed by atoms with van der Waals surface area (Å²) >= 11 is 4.29.